The first-order valence-electron chi connectivity index (χ1n) is 7.87. The van der Waals surface area contributed by atoms with Gasteiger partial charge in [0.1, 0.15) is 0 Å². The zero-order valence-electron chi connectivity index (χ0n) is 14.0. The highest BCUT2D eigenvalue weighted by Gasteiger charge is 2.27. The summed E-state index contributed by atoms with van der Waals surface area (Å²) in [6.45, 7) is 2.66. The van der Waals surface area contributed by atoms with Gasteiger partial charge in [0.25, 0.3) is 5.92 Å². The summed E-state index contributed by atoms with van der Waals surface area (Å²) in [5, 5.41) is 2.24. The van der Waals surface area contributed by atoms with E-state index in [2.05, 4.69) is 27.2 Å². The third kappa shape index (κ3) is 8.18. The molecule has 1 aromatic carbocycles. The van der Waals surface area contributed by atoms with Gasteiger partial charge in [-0.05, 0) is 12.1 Å². The van der Waals surface area contributed by atoms with E-state index >= 15 is 0 Å². The lowest BCUT2D eigenvalue weighted by atomic mass is 10.2. The van der Waals surface area contributed by atoms with E-state index in [0.29, 0.717) is 6.54 Å². The predicted molar refractivity (Wildman–Crippen MR) is 101 cm³/mol. The number of alkyl halides is 2. The number of rotatable bonds is 7. The highest BCUT2D eigenvalue weighted by molar-refractivity contribution is 5.85. The quantitative estimate of drug-likeness (QED) is 0.734. The Hall–Kier alpha value is -1.15. The molecule has 9 heteroatoms. The highest BCUT2D eigenvalue weighted by atomic mass is 35.5. The van der Waals surface area contributed by atoms with Gasteiger partial charge in [-0.3, -0.25) is 9.69 Å². The molecule has 1 saturated heterocycles. The van der Waals surface area contributed by atoms with Crippen molar-refractivity contribution in [1.29, 1.82) is 0 Å². The van der Waals surface area contributed by atoms with Crippen LogP contribution in [0.4, 0.5) is 14.5 Å². The van der Waals surface area contributed by atoms with Crippen LogP contribution >= 0.6 is 24.8 Å². The number of amides is 1. The van der Waals surface area contributed by atoms with Crippen molar-refractivity contribution in [2.75, 3.05) is 50.7 Å². The number of benzene rings is 1. The van der Waals surface area contributed by atoms with E-state index < -0.39 is 19.0 Å². The molecule has 0 bridgehead atoms. The maximum Gasteiger partial charge on any atom is 0.277 e. The highest BCUT2D eigenvalue weighted by Crippen LogP contribution is 2.15. The molecule has 1 aromatic rings. The van der Waals surface area contributed by atoms with Gasteiger partial charge in [0, 0.05) is 44.8 Å². The standard InChI is InChI=1S/C16H24F2N4O.2ClH/c17-16(18,12-19)13-20-15(23)6-7-21-8-10-22(11-9-21)14-4-2-1-3-5-14;;/h1-5H,6-13,19H2,(H,20,23);2*1H. The van der Waals surface area contributed by atoms with Crippen LogP contribution in [0, 0.1) is 0 Å². The van der Waals surface area contributed by atoms with Crippen molar-refractivity contribution in [2.45, 2.75) is 12.3 Å². The first kappa shape index (κ1) is 23.9. The SMILES string of the molecule is Cl.Cl.NCC(F)(F)CNC(=O)CCN1CCN(c2ccccc2)CC1. The summed E-state index contributed by atoms with van der Waals surface area (Å²) in [7, 11) is 0. The fraction of sp³-hybridized carbons (Fsp3) is 0.562. The molecule has 25 heavy (non-hydrogen) atoms. The van der Waals surface area contributed by atoms with Gasteiger partial charge in [0.2, 0.25) is 5.91 Å². The number of para-hydroxylation sites is 1. The maximum atomic E-state index is 13.0. The maximum absolute atomic E-state index is 13.0. The first-order valence-corrected chi connectivity index (χ1v) is 7.87. The molecule has 1 aliphatic heterocycles. The molecule has 1 amide bonds. The van der Waals surface area contributed by atoms with Crippen molar-refractivity contribution in [3.05, 3.63) is 30.3 Å². The van der Waals surface area contributed by atoms with Crippen LogP contribution in [-0.4, -0.2) is 62.5 Å². The lowest BCUT2D eigenvalue weighted by Crippen LogP contribution is -2.47. The fourth-order valence-corrected chi connectivity index (χ4v) is 2.52. The largest absolute Gasteiger partial charge is 0.369 e. The second kappa shape index (κ2) is 11.5. The molecule has 0 unspecified atom stereocenters. The number of carbonyl (C=O) groups is 1. The van der Waals surface area contributed by atoms with E-state index in [4.69, 9.17) is 5.73 Å². The predicted octanol–water partition coefficient (Wildman–Crippen LogP) is 1.75. The van der Waals surface area contributed by atoms with Crippen molar-refractivity contribution < 1.29 is 13.6 Å². The number of anilines is 1. The minimum absolute atomic E-state index is 0. The molecular formula is C16H26Cl2F2N4O. The van der Waals surface area contributed by atoms with Gasteiger partial charge in [-0.25, -0.2) is 8.78 Å². The van der Waals surface area contributed by atoms with E-state index in [9.17, 15) is 13.6 Å². The average Bonchev–Trinajstić information content (AvgIpc) is 2.59. The van der Waals surface area contributed by atoms with Gasteiger partial charge in [0.05, 0.1) is 13.1 Å². The van der Waals surface area contributed by atoms with Crippen LogP contribution in [0.25, 0.3) is 0 Å². The molecule has 1 aliphatic rings. The van der Waals surface area contributed by atoms with Gasteiger partial charge in [-0.15, -0.1) is 24.8 Å². The number of hydrogen-bond donors (Lipinski definition) is 2. The molecule has 5 nitrogen and oxygen atoms in total. The Balaban J connectivity index is 0.00000288. The molecule has 144 valence electrons. The van der Waals surface area contributed by atoms with Crippen LogP contribution in [0.2, 0.25) is 0 Å². The van der Waals surface area contributed by atoms with Crippen LogP contribution in [-0.2, 0) is 4.79 Å². The number of hydrogen-bond acceptors (Lipinski definition) is 4. The molecule has 3 N–H and O–H groups in total. The summed E-state index contributed by atoms with van der Waals surface area (Å²) in [6, 6.07) is 10.2. The molecule has 0 aromatic heterocycles. The van der Waals surface area contributed by atoms with E-state index in [1.165, 1.54) is 5.69 Å². The fourth-order valence-electron chi connectivity index (χ4n) is 2.52. The molecule has 0 spiro atoms. The topological polar surface area (TPSA) is 61.6 Å². The first-order chi connectivity index (χ1) is 11.0. The van der Waals surface area contributed by atoms with E-state index in [1.54, 1.807) is 0 Å². The molecule has 1 fully saturated rings. The van der Waals surface area contributed by atoms with Crippen LogP contribution < -0.4 is 16.0 Å². The Kier molecular flexibility index (Phi) is 10.9. The Morgan fingerprint density at radius 2 is 1.72 bits per heavy atom. The van der Waals surface area contributed by atoms with E-state index in [1.807, 2.05) is 18.2 Å². The average molecular weight is 399 g/mol. The van der Waals surface area contributed by atoms with E-state index in [-0.39, 0.29) is 37.1 Å². The van der Waals surface area contributed by atoms with Gasteiger partial charge in [-0.1, -0.05) is 18.2 Å². The summed E-state index contributed by atoms with van der Waals surface area (Å²) in [6.07, 6.45) is 0.228. The number of halogens is 4. The smallest absolute Gasteiger partial charge is 0.277 e. The van der Waals surface area contributed by atoms with Gasteiger partial charge < -0.3 is 16.0 Å². The molecule has 1 heterocycles. The number of nitrogens with zero attached hydrogens (tertiary/aromatic N) is 2. The van der Waals surface area contributed by atoms with Crippen molar-refractivity contribution in [3.63, 3.8) is 0 Å². The summed E-state index contributed by atoms with van der Waals surface area (Å²) in [5.74, 6) is -3.39. The molecule has 2 rings (SSSR count). The summed E-state index contributed by atoms with van der Waals surface area (Å²) in [5.41, 5.74) is 6.13. The second-order valence-electron chi connectivity index (χ2n) is 5.75. The van der Waals surface area contributed by atoms with E-state index in [0.717, 1.165) is 26.2 Å². The number of piperazine rings is 1. The Morgan fingerprint density at radius 1 is 1.12 bits per heavy atom. The minimum Gasteiger partial charge on any atom is -0.369 e. The van der Waals surface area contributed by atoms with Gasteiger partial charge >= 0.3 is 0 Å². The number of carbonyl (C=O) groups excluding carboxylic acids is 1. The molecular weight excluding hydrogens is 373 g/mol. The molecule has 0 atom stereocenters. The van der Waals surface area contributed by atoms with Crippen LogP contribution in [0.5, 0.6) is 0 Å². The van der Waals surface area contributed by atoms with Crippen molar-refractivity contribution in [3.8, 4) is 0 Å². The van der Waals surface area contributed by atoms with Crippen LogP contribution in [0.1, 0.15) is 6.42 Å². The van der Waals surface area contributed by atoms with Crippen LogP contribution in [0.15, 0.2) is 30.3 Å². The summed E-state index contributed by atoms with van der Waals surface area (Å²) in [4.78, 5) is 16.1. The summed E-state index contributed by atoms with van der Waals surface area (Å²) < 4.78 is 25.9. The Labute approximate surface area is 159 Å². The molecule has 0 saturated carbocycles. The normalized spacial score (nSPS) is 15.1. The van der Waals surface area contributed by atoms with Crippen molar-refractivity contribution >= 4 is 36.4 Å². The molecule has 0 radical (unpaired) electrons. The lowest BCUT2D eigenvalue weighted by Gasteiger charge is -2.36. The lowest BCUT2D eigenvalue weighted by molar-refractivity contribution is -0.123. The summed E-state index contributed by atoms with van der Waals surface area (Å²) >= 11 is 0. The minimum atomic E-state index is -3.03. The third-order valence-electron chi connectivity index (χ3n) is 3.99. The number of nitrogens with two attached hydrogens (primary N) is 1. The third-order valence-corrected chi connectivity index (χ3v) is 3.99. The van der Waals surface area contributed by atoms with Crippen molar-refractivity contribution in [2.24, 2.45) is 5.73 Å². The Bertz CT molecular complexity index is 500. The van der Waals surface area contributed by atoms with Gasteiger partial charge in [0.15, 0.2) is 0 Å². The van der Waals surface area contributed by atoms with Crippen LogP contribution in [0.3, 0.4) is 0 Å². The molecule has 0 aliphatic carbocycles. The Morgan fingerprint density at radius 3 is 2.28 bits per heavy atom. The zero-order chi connectivity index (χ0) is 16.7. The van der Waals surface area contributed by atoms with Gasteiger partial charge in [-0.2, -0.15) is 0 Å². The van der Waals surface area contributed by atoms with Crippen molar-refractivity contribution in [1.82, 2.24) is 10.2 Å². The number of nitrogens with one attached hydrogen (secondary N) is 1. The zero-order valence-corrected chi connectivity index (χ0v) is 15.6. The second-order valence-corrected chi connectivity index (χ2v) is 5.75. The monoisotopic (exact) mass is 398 g/mol.